The Morgan fingerprint density at radius 1 is 1.05 bits per heavy atom. The van der Waals surface area contributed by atoms with E-state index in [2.05, 4.69) is 0 Å². The van der Waals surface area contributed by atoms with Crippen molar-refractivity contribution in [2.45, 2.75) is 23.4 Å². The molecule has 1 aliphatic rings. The number of imidazole rings is 1. The van der Waals surface area contributed by atoms with Crippen LogP contribution in [0.3, 0.4) is 0 Å². The molecule has 2 N–H and O–H groups in total. The third-order valence-electron chi connectivity index (χ3n) is 6.54. The van der Waals surface area contributed by atoms with Crippen LogP contribution in [0, 0.1) is 0 Å². The quantitative estimate of drug-likeness (QED) is 0.402. The van der Waals surface area contributed by atoms with Crippen LogP contribution < -0.4 is 16.2 Å². The van der Waals surface area contributed by atoms with Gasteiger partial charge >= 0.3 is 5.69 Å². The highest BCUT2D eigenvalue weighted by atomic mass is 35.5. The summed E-state index contributed by atoms with van der Waals surface area (Å²) in [5.74, 6) is 0.126. The standard InChI is InChI=1S/C26H25ClN4O5S/c1-36-20-8-10-21(11-9-20)37(34,35)31-22-12-7-18(27)15-23(22)30(26(31)33)24(17-5-3-2-4-6-17)25(32)29-14-13-19(28)16-29/h2-12,15,19,24H,13-14,16,28H2,1H3/t19-,24?/m1/s1. The van der Waals surface area contributed by atoms with Gasteiger partial charge in [-0.15, -0.1) is 0 Å². The topological polar surface area (TPSA) is 117 Å². The molecule has 0 spiro atoms. The lowest BCUT2D eigenvalue weighted by Gasteiger charge is -2.25. The van der Waals surface area contributed by atoms with E-state index in [4.69, 9.17) is 22.1 Å². The first-order chi connectivity index (χ1) is 17.7. The number of fused-ring (bicyclic) bond motifs is 1. The molecular weight excluding hydrogens is 516 g/mol. The monoisotopic (exact) mass is 540 g/mol. The van der Waals surface area contributed by atoms with Crippen molar-refractivity contribution in [1.82, 2.24) is 13.4 Å². The molecule has 0 aliphatic carbocycles. The summed E-state index contributed by atoms with van der Waals surface area (Å²) < 4.78 is 34.6. The van der Waals surface area contributed by atoms with Crippen LogP contribution >= 0.6 is 11.6 Å². The molecule has 1 fully saturated rings. The Kier molecular flexibility index (Phi) is 6.57. The molecule has 2 heterocycles. The molecule has 1 unspecified atom stereocenters. The summed E-state index contributed by atoms with van der Waals surface area (Å²) in [7, 11) is -2.87. The summed E-state index contributed by atoms with van der Waals surface area (Å²) in [6.45, 7) is 0.794. The Morgan fingerprint density at radius 2 is 1.76 bits per heavy atom. The van der Waals surface area contributed by atoms with Crippen LogP contribution in [-0.4, -0.2) is 54.0 Å². The van der Waals surface area contributed by atoms with Gasteiger partial charge in [0.2, 0.25) is 0 Å². The fourth-order valence-corrected chi connectivity index (χ4v) is 6.26. The molecule has 1 aromatic heterocycles. The van der Waals surface area contributed by atoms with Gasteiger partial charge in [-0.25, -0.2) is 13.2 Å². The maximum atomic E-state index is 14.0. The summed E-state index contributed by atoms with van der Waals surface area (Å²) in [5, 5.41) is 0.294. The molecular formula is C26H25ClN4O5S. The average molecular weight is 541 g/mol. The Balaban J connectivity index is 1.77. The summed E-state index contributed by atoms with van der Waals surface area (Å²) in [6, 6.07) is 17.7. The first kappa shape index (κ1) is 25.1. The number of halogens is 1. The number of ether oxygens (including phenoxy) is 1. The van der Waals surface area contributed by atoms with Crippen LogP contribution in [-0.2, 0) is 14.8 Å². The number of likely N-dealkylation sites (tertiary alicyclic amines) is 1. The predicted octanol–water partition coefficient (Wildman–Crippen LogP) is 2.85. The van der Waals surface area contributed by atoms with Gasteiger partial charge in [0.25, 0.3) is 15.9 Å². The molecule has 11 heteroatoms. The minimum Gasteiger partial charge on any atom is -0.497 e. The van der Waals surface area contributed by atoms with Gasteiger partial charge in [0.1, 0.15) is 11.8 Å². The van der Waals surface area contributed by atoms with Gasteiger partial charge in [-0.05, 0) is 54.4 Å². The minimum absolute atomic E-state index is 0.0995. The highest BCUT2D eigenvalue weighted by molar-refractivity contribution is 7.90. The predicted molar refractivity (Wildman–Crippen MR) is 141 cm³/mol. The molecule has 3 aromatic carbocycles. The van der Waals surface area contributed by atoms with Crippen LogP contribution in [0.5, 0.6) is 5.75 Å². The second kappa shape index (κ2) is 9.70. The van der Waals surface area contributed by atoms with Crippen molar-refractivity contribution in [3.05, 3.63) is 93.9 Å². The highest BCUT2D eigenvalue weighted by Crippen LogP contribution is 2.30. The zero-order chi connectivity index (χ0) is 26.3. The Hall–Kier alpha value is -3.60. The van der Waals surface area contributed by atoms with E-state index in [1.54, 1.807) is 35.2 Å². The zero-order valence-corrected chi connectivity index (χ0v) is 21.5. The van der Waals surface area contributed by atoms with E-state index in [1.165, 1.54) is 54.1 Å². The summed E-state index contributed by atoms with van der Waals surface area (Å²) >= 11 is 6.29. The van der Waals surface area contributed by atoms with Crippen molar-refractivity contribution in [3.8, 4) is 5.75 Å². The molecule has 0 radical (unpaired) electrons. The first-order valence-corrected chi connectivity index (χ1v) is 13.5. The minimum atomic E-state index is -4.34. The Morgan fingerprint density at radius 3 is 2.38 bits per heavy atom. The van der Waals surface area contributed by atoms with Gasteiger partial charge < -0.3 is 15.4 Å². The third-order valence-corrected chi connectivity index (χ3v) is 8.47. The van der Waals surface area contributed by atoms with Crippen LogP contribution in [0.25, 0.3) is 11.0 Å². The molecule has 4 aromatic rings. The smallest absolute Gasteiger partial charge is 0.344 e. The van der Waals surface area contributed by atoms with E-state index in [9.17, 15) is 18.0 Å². The van der Waals surface area contributed by atoms with E-state index in [0.29, 0.717) is 35.8 Å². The van der Waals surface area contributed by atoms with Gasteiger partial charge in [0.15, 0.2) is 0 Å². The Bertz CT molecular complexity index is 1630. The fourth-order valence-electron chi connectivity index (χ4n) is 4.70. The van der Waals surface area contributed by atoms with Gasteiger partial charge in [-0.2, -0.15) is 3.97 Å². The van der Waals surface area contributed by atoms with Crippen molar-refractivity contribution in [1.29, 1.82) is 0 Å². The van der Waals surface area contributed by atoms with Crippen LogP contribution in [0.4, 0.5) is 0 Å². The molecule has 37 heavy (non-hydrogen) atoms. The van der Waals surface area contributed by atoms with Gasteiger partial charge in [-0.1, -0.05) is 41.9 Å². The zero-order valence-electron chi connectivity index (χ0n) is 20.0. The number of amides is 1. The maximum Gasteiger partial charge on any atom is 0.344 e. The number of hydrogen-bond acceptors (Lipinski definition) is 6. The number of carbonyl (C=O) groups is 1. The lowest BCUT2D eigenvalue weighted by Crippen LogP contribution is -2.41. The number of benzene rings is 3. The van der Waals surface area contributed by atoms with E-state index in [1.807, 2.05) is 0 Å². The normalized spacial score (nSPS) is 16.7. The van der Waals surface area contributed by atoms with Crippen molar-refractivity contribution in [3.63, 3.8) is 0 Å². The summed E-state index contributed by atoms with van der Waals surface area (Å²) in [5.41, 5.74) is 6.05. The molecule has 1 amide bonds. The summed E-state index contributed by atoms with van der Waals surface area (Å²) in [4.78, 5) is 29.4. The lowest BCUT2D eigenvalue weighted by molar-refractivity contribution is -0.132. The van der Waals surface area contributed by atoms with Crippen molar-refractivity contribution >= 4 is 38.6 Å². The fraction of sp³-hybridized carbons (Fsp3) is 0.231. The second-order valence-electron chi connectivity index (χ2n) is 8.88. The number of carbonyl (C=O) groups excluding carboxylic acids is 1. The SMILES string of the molecule is COc1ccc(S(=O)(=O)n2c(=O)n(C(C(=O)N3CC[C@@H](N)C3)c3ccccc3)c3cc(Cl)ccc32)cc1. The average Bonchev–Trinajstić information content (AvgIpc) is 3.46. The molecule has 1 aliphatic heterocycles. The number of nitrogens with two attached hydrogens (primary N) is 1. The molecule has 0 bridgehead atoms. The van der Waals surface area contributed by atoms with E-state index in [-0.39, 0.29) is 27.9 Å². The number of hydrogen-bond donors (Lipinski definition) is 1. The van der Waals surface area contributed by atoms with E-state index >= 15 is 0 Å². The van der Waals surface area contributed by atoms with E-state index in [0.717, 1.165) is 3.97 Å². The molecule has 5 rings (SSSR count). The molecule has 9 nitrogen and oxygen atoms in total. The maximum absolute atomic E-state index is 14.0. The van der Waals surface area contributed by atoms with Gasteiger partial charge in [0, 0.05) is 24.2 Å². The number of rotatable bonds is 6. The molecule has 192 valence electrons. The number of nitrogens with zero attached hydrogens (tertiary/aromatic N) is 3. The van der Waals surface area contributed by atoms with Crippen LogP contribution in [0.15, 0.2) is 82.5 Å². The molecule has 0 saturated carbocycles. The van der Waals surface area contributed by atoms with Crippen LogP contribution in [0.2, 0.25) is 5.02 Å². The van der Waals surface area contributed by atoms with E-state index < -0.39 is 21.8 Å². The highest BCUT2D eigenvalue weighted by Gasteiger charge is 2.36. The Labute approximate surface area is 218 Å². The van der Waals surface area contributed by atoms with Crippen molar-refractivity contribution < 1.29 is 17.9 Å². The largest absolute Gasteiger partial charge is 0.497 e. The molecule has 1 saturated heterocycles. The van der Waals surface area contributed by atoms with Crippen LogP contribution in [0.1, 0.15) is 18.0 Å². The summed E-state index contributed by atoms with van der Waals surface area (Å²) in [6.07, 6.45) is 0.640. The van der Waals surface area contributed by atoms with Crippen molar-refractivity contribution in [2.24, 2.45) is 5.73 Å². The first-order valence-electron chi connectivity index (χ1n) is 11.6. The van der Waals surface area contributed by atoms with Crippen molar-refractivity contribution in [2.75, 3.05) is 20.2 Å². The number of aromatic nitrogens is 2. The number of methoxy groups -OCH3 is 1. The second-order valence-corrected chi connectivity index (χ2v) is 11.1. The third kappa shape index (κ3) is 4.41. The van der Waals surface area contributed by atoms with Gasteiger partial charge in [-0.3, -0.25) is 9.36 Å². The van der Waals surface area contributed by atoms with Gasteiger partial charge in [0.05, 0.1) is 23.0 Å². The lowest BCUT2D eigenvalue weighted by atomic mass is 10.0. The molecule has 2 atom stereocenters.